The fourth-order valence-electron chi connectivity index (χ4n) is 0.378. The van der Waals surface area contributed by atoms with Crippen molar-refractivity contribution < 1.29 is 4.79 Å². The Bertz CT molecular complexity index is 123. The van der Waals surface area contributed by atoms with Gasteiger partial charge in [0.2, 0.25) is 0 Å². The third-order valence-electron chi connectivity index (χ3n) is 1.03. The van der Waals surface area contributed by atoms with Gasteiger partial charge in [-0.05, 0) is 6.92 Å². The van der Waals surface area contributed by atoms with Crippen LogP contribution in [0.25, 0.3) is 0 Å². The van der Waals surface area contributed by atoms with E-state index in [0.717, 1.165) is 0 Å². The Balaban J connectivity index is 3.68. The second-order valence-corrected chi connectivity index (χ2v) is 1.67. The van der Waals surface area contributed by atoms with Crippen LogP contribution in [0, 0.1) is 17.2 Å². The van der Waals surface area contributed by atoms with Crippen molar-refractivity contribution in [1.82, 2.24) is 0 Å². The third-order valence-corrected chi connectivity index (χ3v) is 1.03. The minimum Gasteiger partial charge on any atom is -0.298 e. The molecule has 44 valence electrons. The largest absolute Gasteiger partial charge is 0.298 e. The summed E-state index contributed by atoms with van der Waals surface area (Å²) in [6, 6.07) is 1.87. The molecular weight excluding hydrogens is 102 g/mol. The van der Waals surface area contributed by atoms with Crippen molar-refractivity contribution in [2.45, 2.75) is 20.3 Å². The Labute approximate surface area is 49.1 Å². The fourth-order valence-corrected chi connectivity index (χ4v) is 0.378. The number of ketones is 1. The predicted octanol–water partition coefficient (Wildman–Crippen LogP) is 1.13. The molecule has 0 aliphatic rings. The van der Waals surface area contributed by atoms with Gasteiger partial charge in [0, 0.05) is 6.42 Å². The molecule has 0 aromatic rings. The molecule has 0 radical (unpaired) electrons. The first-order valence-electron chi connectivity index (χ1n) is 2.64. The summed E-state index contributed by atoms with van der Waals surface area (Å²) in [4.78, 5) is 10.5. The Morgan fingerprint density at radius 1 is 1.88 bits per heavy atom. The van der Waals surface area contributed by atoms with Gasteiger partial charge in [-0.1, -0.05) is 6.92 Å². The first kappa shape index (κ1) is 7.16. The summed E-state index contributed by atoms with van der Waals surface area (Å²) in [6.07, 6.45) is 0.467. The highest BCUT2D eigenvalue weighted by Gasteiger charge is 2.06. The number of nitriles is 1. The van der Waals surface area contributed by atoms with E-state index in [1.807, 2.05) is 6.07 Å². The van der Waals surface area contributed by atoms with E-state index in [1.165, 1.54) is 0 Å². The molecule has 0 saturated carbocycles. The van der Waals surface area contributed by atoms with Gasteiger partial charge in [0.05, 0.1) is 6.07 Å². The van der Waals surface area contributed by atoms with E-state index in [-0.39, 0.29) is 5.78 Å². The lowest BCUT2D eigenvalue weighted by atomic mass is 10.1. The van der Waals surface area contributed by atoms with Crippen LogP contribution in [-0.4, -0.2) is 5.78 Å². The van der Waals surface area contributed by atoms with Gasteiger partial charge in [0.15, 0.2) is 0 Å². The molecule has 0 rings (SSSR count). The van der Waals surface area contributed by atoms with E-state index in [4.69, 9.17) is 5.26 Å². The monoisotopic (exact) mass is 111 g/mol. The van der Waals surface area contributed by atoms with Crippen LogP contribution >= 0.6 is 0 Å². The maximum absolute atomic E-state index is 10.5. The third kappa shape index (κ3) is 1.74. The molecule has 0 aromatic carbocycles. The quantitative estimate of drug-likeness (QED) is 0.535. The zero-order valence-electron chi connectivity index (χ0n) is 5.14. The summed E-state index contributed by atoms with van der Waals surface area (Å²) in [7, 11) is 0. The smallest absolute Gasteiger partial charge is 0.149 e. The molecular formula is C6H9NO. The molecule has 0 spiro atoms. The van der Waals surface area contributed by atoms with Crippen LogP contribution in [0.4, 0.5) is 0 Å². The summed E-state index contributed by atoms with van der Waals surface area (Å²) in [5.74, 6) is -0.396. The van der Waals surface area contributed by atoms with Crippen molar-refractivity contribution in [3.8, 4) is 6.07 Å². The van der Waals surface area contributed by atoms with Crippen molar-refractivity contribution in [3.63, 3.8) is 0 Å². The van der Waals surface area contributed by atoms with Gasteiger partial charge in [0.25, 0.3) is 0 Å². The van der Waals surface area contributed by atoms with Crippen LogP contribution in [0.3, 0.4) is 0 Å². The minimum atomic E-state index is -0.417. The van der Waals surface area contributed by atoms with Crippen molar-refractivity contribution in [2.75, 3.05) is 0 Å². The molecule has 2 nitrogen and oxygen atoms in total. The Morgan fingerprint density at radius 2 is 2.38 bits per heavy atom. The molecule has 0 amide bonds. The van der Waals surface area contributed by atoms with Gasteiger partial charge in [0.1, 0.15) is 11.7 Å². The number of carbonyl (C=O) groups is 1. The first-order valence-corrected chi connectivity index (χ1v) is 2.64. The molecule has 2 heteroatoms. The van der Waals surface area contributed by atoms with Gasteiger partial charge in [-0.15, -0.1) is 0 Å². The molecule has 0 bridgehead atoms. The van der Waals surface area contributed by atoms with Crippen LogP contribution in [0.2, 0.25) is 0 Å². The average molecular weight is 111 g/mol. The van der Waals surface area contributed by atoms with Gasteiger partial charge in [-0.2, -0.15) is 5.26 Å². The highest BCUT2D eigenvalue weighted by Crippen LogP contribution is 1.96. The summed E-state index contributed by atoms with van der Waals surface area (Å²) in [5, 5.41) is 8.17. The van der Waals surface area contributed by atoms with Crippen molar-refractivity contribution in [3.05, 3.63) is 0 Å². The molecule has 0 aliphatic carbocycles. The van der Waals surface area contributed by atoms with Crippen LogP contribution in [0.15, 0.2) is 0 Å². The molecule has 8 heavy (non-hydrogen) atoms. The molecule has 0 fully saturated rings. The van der Waals surface area contributed by atoms with Crippen molar-refractivity contribution in [1.29, 1.82) is 5.26 Å². The Kier molecular flexibility index (Phi) is 2.86. The second-order valence-electron chi connectivity index (χ2n) is 1.67. The lowest BCUT2D eigenvalue weighted by molar-refractivity contribution is -0.120. The van der Waals surface area contributed by atoms with E-state index < -0.39 is 5.92 Å². The van der Waals surface area contributed by atoms with Crippen molar-refractivity contribution >= 4 is 5.78 Å². The molecule has 0 saturated heterocycles. The number of hydrogen-bond donors (Lipinski definition) is 0. The van der Waals surface area contributed by atoms with Crippen LogP contribution in [0.1, 0.15) is 20.3 Å². The molecule has 0 aromatic heterocycles. The van der Waals surface area contributed by atoms with Crippen LogP contribution in [-0.2, 0) is 4.79 Å². The van der Waals surface area contributed by atoms with Gasteiger partial charge in [-0.3, -0.25) is 4.79 Å². The molecule has 1 atom stereocenters. The minimum absolute atomic E-state index is 0.0208. The first-order chi connectivity index (χ1) is 3.72. The lowest BCUT2D eigenvalue weighted by Gasteiger charge is -1.93. The number of nitrogens with zero attached hydrogens (tertiary/aromatic N) is 1. The topological polar surface area (TPSA) is 40.9 Å². The fraction of sp³-hybridized carbons (Fsp3) is 0.667. The molecule has 0 heterocycles. The number of Topliss-reactive ketones (excluding diaryl/α,β-unsaturated/α-hetero) is 1. The standard InChI is InChI=1S/C6H9NO/c1-3-6(8)5(2)4-7/h5H,3H2,1-2H3. The molecule has 0 N–H and O–H groups in total. The lowest BCUT2D eigenvalue weighted by Crippen LogP contribution is -2.05. The van der Waals surface area contributed by atoms with E-state index >= 15 is 0 Å². The zero-order valence-corrected chi connectivity index (χ0v) is 5.14. The highest BCUT2D eigenvalue weighted by molar-refractivity contribution is 5.82. The van der Waals surface area contributed by atoms with Gasteiger partial charge in [-0.25, -0.2) is 0 Å². The maximum Gasteiger partial charge on any atom is 0.149 e. The average Bonchev–Trinajstić information content (AvgIpc) is 1.84. The van der Waals surface area contributed by atoms with E-state index in [0.29, 0.717) is 6.42 Å². The van der Waals surface area contributed by atoms with E-state index in [2.05, 4.69) is 0 Å². The summed E-state index contributed by atoms with van der Waals surface area (Å²) in [5.41, 5.74) is 0. The van der Waals surface area contributed by atoms with Gasteiger partial charge >= 0.3 is 0 Å². The van der Waals surface area contributed by atoms with E-state index in [1.54, 1.807) is 13.8 Å². The van der Waals surface area contributed by atoms with Crippen LogP contribution in [0.5, 0.6) is 0 Å². The Hall–Kier alpha value is -0.840. The maximum atomic E-state index is 10.5. The second kappa shape index (κ2) is 3.20. The summed E-state index contributed by atoms with van der Waals surface area (Å²) >= 11 is 0. The molecule has 1 unspecified atom stereocenters. The number of carbonyl (C=O) groups excluding carboxylic acids is 1. The normalized spacial score (nSPS) is 12.1. The van der Waals surface area contributed by atoms with Crippen LogP contribution < -0.4 is 0 Å². The zero-order chi connectivity index (χ0) is 6.57. The van der Waals surface area contributed by atoms with Gasteiger partial charge < -0.3 is 0 Å². The predicted molar refractivity (Wildman–Crippen MR) is 30.1 cm³/mol. The van der Waals surface area contributed by atoms with E-state index in [9.17, 15) is 4.79 Å². The highest BCUT2D eigenvalue weighted by atomic mass is 16.1. The number of rotatable bonds is 2. The summed E-state index contributed by atoms with van der Waals surface area (Å²) in [6.45, 7) is 3.38. The SMILES string of the molecule is CCC(=O)C(C)C#N. The Morgan fingerprint density at radius 3 is 2.50 bits per heavy atom. The number of hydrogen-bond acceptors (Lipinski definition) is 2. The summed E-state index contributed by atoms with van der Waals surface area (Å²) < 4.78 is 0. The molecule has 0 aliphatic heterocycles. The van der Waals surface area contributed by atoms with Crippen molar-refractivity contribution in [2.24, 2.45) is 5.92 Å².